The van der Waals surface area contributed by atoms with Crippen molar-refractivity contribution in [2.45, 2.75) is 11.4 Å². The first-order chi connectivity index (χ1) is 12.9. The molecule has 0 aliphatic carbocycles. The monoisotopic (exact) mass is 422 g/mol. The molecule has 0 heterocycles. The highest BCUT2D eigenvalue weighted by atomic mass is 35.5. The molecule has 0 fully saturated rings. The molecule has 5 nitrogen and oxygen atoms in total. The number of ether oxygens (including phenoxy) is 1. The number of nitrogens with two attached hydrogens (primary N) is 1. The van der Waals surface area contributed by atoms with Gasteiger partial charge in [-0.05, 0) is 60.2 Å². The first-order valence-electron chi connectivity index (χ1n) is 7.93. The Morgan fingerprint density at radius 2 is 1.67 bits per heavy atom. The van der Waals surface area contributed by atoms with Crippen LogP contribution in [0, 0.1) is 0 Å². The second-order valence-electron chi connectivity index (χ2n) is 5.61. The predicted octanol–water partition coefficient (Wildman–Crippen LogP) is 5.05. The summed E-state index contributed by atoms with van der Waals surface area (Å²) in [6, 6.07) is 17.8. The Morgan fingerprint density at radius 1 is 0.963 bits per heavy atom. The molecule has 0 amide bonds. The van der Waals surface area contributed by atoms with Gasteiger partial charge in [-0.2, -0.15) is 0 Å². The predicted molar refractivity (Wildman–Crippen MR) is 108 cm³/mol. The standard InChI is InChI=1S/C19H16Cl2N2O3S/c20-14-5-10-18(13(11-14)12-22)23-27(24,25)16-8-6-15(7-9-16)26-19-4-2-1-3-17(19)21/h1-11,23H,12,22H2. The molecule has 0 saturated carbocycles. The summed E-state index contributed by atoms with van der Waals surface area (Å²) in [5.41, 5.74) is 6.65. The topological polar surface area (TPSA) is 81.4 Å². The van der Waals surface area contributed by atoms with Crippen molar-refractivity contribution in [2.75, 3.05) is 4.72 Å². The highest BCUT2D eigenvalue weighted by molar-refractivity contribution is 7.92. The zero-order valence-corrected chi connectivity index (χ0v) is 16.4. The van der Waals surface area contributed by atoms with E-state index in [1.807, 2.05) is 0 Å². The summed E-state index contributed by atoms with van der Waals surface area (Å²) >= 11 is 12.0. The third kappa shape index (κ3) is 4.73. The minimum atomic E-state index is -3.79. The molecule has 0 aliphatic rings. The van der Waals surface area contributed by atoms with Crippen LogP contribution in [0.25, 0.3) is 0 Å². The van der Waals surface area contributed by atoms with Gasteiger partial charge in [0.25, 0.3) is 10.0 Å². The van der Waals surface area contributed by atoms with Crippen LogP contribution in [0.15, 0.2) is 71.6 Å². The van der Waals surface area contributed by atoms with Crippen LogP contribution in [0.3, 0.4) is 0 Å². The minimum Gasteiger partial charge on any atom is -0.456 e. The van der Waals surface area contributed by atoms with Gasteiger partial charge in [0, 0.05) is 11.6 Å². The molecule has 27 heavy (non-hydrogen) atoms. The van der Waals surface area contributed by atoms with E-state index in [1.54, 1.807) is 54.6 Å². The van der Waals surface area contributed by atoms with Gasteiger partial charge in [0.1, 0.15) is 11.5 Å². The average Bonchev–Trinajstić information content (AvgIpc) is 2.65. The Bertz CT molecular complexity index is 1050. The van der Waals surface area contributed by atoms with E-state index in [2.05, 4.69) is 4.72 Å². The lowest BCUT2D eigenvalue weighted by Crippen LogP contribution is -2.15. The molecule has 0 radical (unpaired) electrons. The SMILES string of the molecule is NCc1cc(Cl)ccc1NS(=O)(=O)c1ccc(Oc2ccccc2Cl)cc1. The van der Waals surface area contributed by atoms with Crippen LogP contribution in [0.1, 0.15) is 5.56 Å². The Labute approximate surface area is 167 Å². The number of anilines is 1. The van der Waals surface area contributed by atoms with Crippen LogP contribution in [0.5, 0.6) is 11.5 Å². The van der Waals surface area contributed by atoms with Crippen molar-refractivity contribution in [3.05, 3.63) is 82.3 Å². The molecule has 0 aromatic heterocycles. The summed E-state index contributed by atoms with van der Waals surface area (Å²) < 4.78 is 33.5. The van der Waals surface area contributed by atoms with Crippen molar-refractivity contribution in [3.63, 3.8) is 0 Å². The van der Waals surface area contributed by atoms with E-state index in [0.29, 0.717) is 32.8 Å². The smallest absolute Gasteiger partial charge is 0.261 e. The van der Waals surface area contributed by atoms with Crippen LogP contribution >= 0.6 is 23.2 Å². The van der Waals surface area contributed by atoms with E-state index < -0.39 is 10.0 Å². The van der Waals surface area contributed by atoms with Gasteiger partial charge in [-0.25, -0.2) is 8.42 Å². The van der Waals surface area contributed by atoms with E-state index in [0.717, 1.165) is 0 Å². The molecule has 140 valence electrons. The maximum Gasteiger partial charge on any atom is 0.261 e. The largest absolute Gasteiger partial charge is 0.456 e. The summed E-state index contributed by atoms with van der Waals surface area (Å²) in [5.74, 6) is 0.956. The lowest BCUT2D eigenvalue weighted by Gasteiger charge is -2.13. The fourth-order valence-electron chi connectivity index (χ4n) is 2.38. The van der Waals surface area contributed by atoms with Gasteiger partial charge in [0.15, 0.2) is 0 Å². The number of benzene rings is 3. The number of halogens is 2. The highest BCUT2D eigenvalue weighted by Gasteiger charge is 2.16. The van der Waals surface area contributed by atoms with E-state index in [1.165, 1.54) is 12.1 Å². The first-order valence-corrected chi connectivity index (χ1v) is 10.2. The molecule has 3 aromatic carbocycles. The number of sulfonamides is 1. The normalized spacial score (nSPS) is 11.2. The third-order valence-electron chi connectivity index (χ3n) is 3.73. The van der Waals surface area contributed by atoms with E-state index >= 15 is 0 Å². The van der Waals surface area contributed by atoms with E-state index in [9.17, 15) is 8.42 Å². The van der Waals surface area contributed by atoms with Crippen molar-refractivity contribution >= 4 is 38.9 Å². The summed E-state index contributed by atoms with van der Waals surface area (Å²) in [7, 11) is -3.79. The quantitative estimate of drug-likeness (QED) is 0.582. The fraction of sp³-hybridized carbons (Fsp3) is 0.0526. The Kier molecular flexibility index (Phi) is 5.92. The molecule has 0 bridgehead atoms. The average molecular weight is 423 g/mol. The summed E-state index contributed by atoms with van der Waals surface area (Å²) in [6.45, 7) is 0.156. The second kappa shape index (κ2) is 8.19. The molecule has 0 aliphatic heterocycles. The van der Waals surface area contributed by atoms with Crippen molar-refractivity contribution in [1.82, 2.24) is 0 Å². The number of nitrogens with one attached hydrogen (secondary N) is 1. The molecule has 8 heteroatoms. The summed E-state index contributed by atoms with van der Waals surface area (Å²) in [4.78, 5) is 0.0898. The number of hydrogen-bond donors (Lipinski definition) is 2. The molecule has 0 spiro atoms. The van der Waals surface area contributed by atoms with Crippen molar-refractivity contribution < 1.29 is 13.2 Å². The number of para-hydroxylation sites is 1. The lowest BCUT2D eigenvalue weighted by atomic mass is 10.2. The van der Waals surface area contributed by atoms with Crippen LogP contribution in [0.4, 0.5) is 5.69 Å². The number of hydrogen-bond acceptors (Lipinski definition) is 4. The summed E-state index contributed by atoms with van der Waals surface area (Å²) in [6.07, 6.45) is 0. The Balaban J connectivity index is 1.81. The molecule has 3 rings (SSSR count). The van der Waals surface area contributed by atoms with Crippen LogP contribution in [-0.2, 0) is 16.6 Å². The van der Waals surface area contributed by atoms with Crippen molar-refractivity contribution in [1.29, 1.82) is 0 Å². The van der Waals surface area contributed by atoms with E-state index in [-0.39, 0.29) is 11.4 Å². The Morgan fingerprint density at radius 3 is 2.33 bits per heavy atom. The van der Waals surface area contributed by atoms with Gasteiger partial charge in [-0.15, -0.1) is 0 Å². The van der Waals surface area contributed by atoms with Gasteiger partial charge < -0.3 is 10.5 Å². The molecule has 0 atom stereocenters. The molecule has 3 aromatic rings. The van der Waals surface area contributed by atoms with Gasteiger partial charge in [0.05, 0.1) is 15.6 Å². The zero-order valence-electron chi connectivity index (χ0n) is 14.0. The maximum absolute atomic E-state index is 12.6. The molecule has 0 unspecified atom stereocenters. The lowest BCUT2D eigenvalue weighted by molar-refractivity contribution is 0.482. The fourth-order valence-corrected chi connectivity index (χ4v) is 3.85. The first kappa shape index (κ1) is 19.5. The van der Waals surface area contributed by atoms with Gasteiger partial charge in [-0.3, -0.25) is 4.72 Å². The van der Waals surface area contributed by atoms with Crippen LogP contribution < -0.4 is 15.2 Å². The molecular weight excluding hydrogens is 407 g/mol. The number of rotatable bonds is 6. The van der Waals surface area contributed by atoms with Crippen LogP contribution in [0.2, 0.25) is 10.0 Å². The van der Waals surface area contributed by atoms with Gasteiger partial charge in [0.2, 0.25) is 0 Å². The van der Waals surface area contributed by atoms with E-state index in [4.69, 9.17) is 33.7 Å². The van der Waals surface area contributed by atoms with Crippen molar-refractivity contribution in [2.24, 2.45) is 5.73 Å². The Hall–Kier alpha value is -2.25. The molecule has 0 saturated heterocycles. The van der Waals surface area contributed by atoms with Crippen molar-refractivity contribution in [3.8, 4) is 11.5 Å². The maximum atomic E-state index is 12.6. The second-order valence-corrected chi connectivity index (χ2v) is 8.14. The highest BCUT2D eigenvalue weighted by Crippen LogP contribution is 2.30. The van der Waals surface area contributed by atoms with Gasteiger partial charge in [-0.1, -0.05) is 35.3 Å². The summed E-state index contributed by atoms with van der Waals surface area (Å²) in [5, 5.41) is 0.951. The molecule has 3 N–H and O–H groups in total. The van der Waals surface area contributed by atoms with Gasteiger partial charge >= 0.3 is 0 Å². The molecular formula is C19H16Cl2N2O3S. The minimum absolute atomic E-state index is 0.0898. The van der Waals surface area contributed by atoms with Crippen LogP contribution in [-0.4, -0.2) is 8.42 Å². The zero-order chi connectivity index (χ0) is 19.4. The third-order valence-corrected chi connectivity index (χ3v) is 5.66.